The molecule has 146 valence electrons. The van der Waals surface area contributed by atoms with E-state index in [-0.39, 0.29) is 5.02 Å². The van der Waals surface area contributed by atoms with Gasteiger partial charge in [0.05, 0.1) is 35.5 Å². The first-order chi connectivity index (χ1) is 13.6. The molecule has 1 aromatic carbocycles. The molecule has 7 heteroatoms. The van der Waals surface area contributed by atoms with Crippen molar-refractivity contribution in [3.63, 3.8) is 0 Å². The summed E-state index contributed by atoms with van der Waals surface area (Å²) in [5.41, 5.74) is 3.11. The number of anilines is 1. The van der Waals surface area contributed by atoms with Crippen molar-refractivity contribution in [3.05, 3.63) is 47.3 Å². The highest BCUT2D eigenvalue weighted by Crippen LogP contribution is 2.41. The molecule has 3 aromatic rings. The standard InChI is InChI=1S/C21H22ClFN4O/c1-14-19(15-3-2-4-16(22)18(15)23)27-13-24-11-17(27)20(25-14)26-8-5-21(6-9-26)7-10-28-12-21/h2-4,11,13H,5-10,12H2,1H3. The van der Waals surface area contributed by atoms with E-state index >= 15 is 0 Å². The molecular formula is C21H22ClFN4O. The van der Waals surface area contributed by atoms with E-state index in [1.165, 1.54) is 0 Å². The maximum Gasteiger partial charge on any atom is 0.154 e. The number of ether oxygens (including phenoxy) is 1. The van der Waals surface area contributed by atoms with Gasteiger partial charge in [0.15, 0.2) is 11.6 Å². The third-order valence-electron chi connectivity index (χ3n) is 6.24. The van der Waals surface area contributed by atoms with Crippen LogP contribution in [-0.2, 0) is 4.74 Å². The Morgan fingerprint density at radius 2 is 2.04 bits per heavy atom. The lowest BCUT2D eigenvalue weighted by Crippen LogP contribution is -2.41. The lowest BCUT2D eigenvalue weighted by atomic mass is 9.78. The van der Waals surface area contributed by atoms with Gasteiger partial charge in [0, 0.05) is 25.3 Å². The van der Waals surface area contributed by atoms with Gasteiger partial charge < -0.3 is 9.64 Å². The maximum atomic E-state index is 14.7. The zero-order valence-corrected chi connectivity index (χ0v) is 16.5. The first kappa shape index (κ1) is 17.9. The normalized spacial score (nSPS) is 19.0. The molecule has 0 saturated carbocycles. The number of nitrogens with zero attached hydrogens (tertiary/aromatic N) is 4. The highest BCUT2D eigenvalue weighted by Gasteiger charge is 2.38. The predicted octanol–water partition coefficient (Wildman–Crippen LogP) is 4.50. The molecule has 0 N–H and O–H groups in total. The van der Waals surface area contributed by atoms with Gasteiger partial charge in [-0.05, 0) is 43.7 Å². The van der Waals surface area contributed by atoms with Crippen molar-refractivity contribution >= 4 is 22.9 Å². The minimum Gasteiger partial charge on any atom is -0.381 e. The van der Waals surface area contributed by atoms with Gasteiger partial charge in [-0.1, -0.05) is 17.7 Å². The highest BCUT2D eigenvalue weighted by molar-refractivity contribution is 6.31. The van der Waals surface area contributed by atoms with Crippen LogP contribution >= 0.6 is 11.6 Å². The van der Waals surface area contributed by atoms with Crippen LogP contribution in [0.1, 0.15) is 25.0 Å². The Bertz CT molecular complexity index is 1030. The molecule has 0 atom stereocenters. The molecule has 5 rings (SSSR count). The lowest BCUT2D eigenvalue weighted by molar-refractivity contribution is 0.133. The number of hydrogen-bond donors (Lipinski definition) is 0. The van der Waals surface area contributed by atoms with Gasteiger partial charge in [0.2, 0.25) is 0 Å². The summed E-state index contributed by atoms with van der Waals surface area (Å²) in [6, 6.07) is 5.04. The largest absolute Gasteiger partial charge is 0.381 e. The number of aromatic nitrogens is 3. The van der Waals surface area contributed by atoms with Crippen LogP contribution < -0.4 is 4.90 Å². The van der Waals surface area contributed by atoms with E-state index in [1.54, 1.807) is 30.7 Å². The third-order valence-corrected chi connectivity index (χ3v) is 6.53. The van der Waals surface area contributed by atoms with Gasteiger partial charge in [-0.25, -0.2) is 14.4 Å². The van der Waals surface area contributed by atoms with Crippen molar-refractivity contribution in [2.75, 3.05) is 31.2 Å². The van der Waals surface area contributed by atoms with Crippen LogP contribution in [0.4, 0.5) is 10.2 Å². The van der Waals surface area contributed by atoms with Gasteiger partial charge in [0.1, 0.15) is 5.52 Å². The fourth-order valence-electron chi connectivity index (χ4n) is 4.56. The molecule has 2 aliphatic rings. The summed E-state index contributed by atoms with van der Waals surface area (Å²) in [5, 5.41) is 0.106. The second-order valence-electron chi connectivity index (χ2n) is 7.91. The van der Waals surface area contributed by atoms with Crippen molar-refractivity contribution in [2.45, 2.75) is 26.2 Å². The van der Waals surface area contributed by atoms with E-state index < -0.39 is 5.82 Å². The van der Waals surface area contributed by atoms with E-state index in [2.05, 4.69) is 9.88 Å². The van der Waals surface area contributed by atoms with Crippen molar-refractivity contribution in [1.82, 2.24) is 14.4 Å². The molecular weight excluding hydrogens is 379 g/mol. The van der Waals surface area contributed by atoms with Gasteiger partial charge in [0.25, 0.3) is 0 Å². The molecule has 0 amide bonds. The van der Waals surface area contributed by atoms with Gasteiger partial charge in [-0.15, -0.1) is 0 Å². The van der Waals surface area contributed by atoms with Crippen LogP contribution in [0.5, 0.6) is 0 Å². The molecule has 0 bridgehead atoms. The van der Waals surface area contributed by atoms with Gasteiger partial charge in [-0.3, -0.25) is 4.40 Å². The van der Waals surface area contributed by atoms with Crippen LogP contribution in [-0.4, -0.2) is 40.7 Å². The Morgan fingerprint density at radius 3 is 2.79 bits per heavy atom. The number of aryl methyl sites for hydroxylation is 1. The smallest absolute Gasteiger partial charge is 0.154 e. The maximum absolute atomic E-state index is 14.7. The first-order valence-corrected chi connectivity index (χ1v) is 10.1. The number of benzene rings is 1. The van der Waals surface area contributed by atoms with E-state index in [0.29, 0.717) is 16.7 Å². The minimum absolute atomic E-state index is 0.106. The number of halogens is 2. The number of fused-ring (bicyclic) bond motifs is 1. The van der Waals surface area contributed by atoms with E-state index in [9.17, 15) is 4.39 Å². The molecule has 2 fully saturated rings. The number of rotatable bonds is 2. The second kappa shape index (κ2) is 6.71. The Labute approximate surface area is 168 Å². The zero-order valence-electron chi connectivity index (χ0n) is 15.8. The average Bonchev–Trinajstić information content (AvgIpc) is 3.35. The SMILES string of the molecule is Cc1nc(N2CCC3(CCOC3)CC2)c2cncn2c1-c1cccc(Cl)c1F. The second-order valence-corrected chi connectivity index (χ2v) is 8.32. The molecule has 0 unspecified atom stereocenters. The van der Waals surface area contributed by atoms with Crippen LogP contribution in [0, 0.1) is 18.2 Å². The van der Waals surface area contributed by atoms with Crippen LogP contribution in [0.3, 0.4) is 0 Å². The van der Waals surface area contributed by atoms with Crippen LogP contribution in [0.2, 0.25) is 5.02 Å². The molecule has 0 radical (unpaired) electrons. The quantitative estimate of drug-likeness (QED) is 0.635. The Kier molecular flexibility index (Phi) is 4.29. The monoisotopic (exact) mass is 400 g/mol. The highest BCUT2D eigenvalue weighted by atomic mass is 35.5. The molecule has 2 aliphatic heterocycles. The topological polar surface area (TPSA) is 42.7 Å². The first-order valence-electron chi connectivity index (χ1n) is 9.68. The minimum atomic E-state index is -0.432. The summed E-state index contributed by atoms with van der Waals surface area (Å²) in [7, 11) is 0. The van der Waals surface area contributed by atoms with E-state index in [1.807, 2.05) is 11.3 Å². The summed E-state index contributed by atoms with van der Waals surface area (Å²) in [4.78, 5) is 11.5. The van der Waals surface area contributed by atoms with Crippen LogP contribution in [0.15, 0.2) is 30.7 Å². The summed E-state index contributed by atoms with van der Waals surface area (Å²) < 4.78 is 22.3. The van der Waals surface area contributed by atoms with Crippen molar-refractivity contribution in [3.8, 4) is 11.3 Å². The Balaban J connectivity index is 1.56. The third kappa shape index (κ3) is 2.78. The zero-order chi connectivity index (χ0) is 19.3. The van der Waals surface area contributed by atoms with Gasteiger partial charge >= 0.3 is 0 Å². The van der Waals surface area contributed by atoms with E-state index in [0.717, 1.165) is 62.6 Å². The van der Waals surface area contributed by atoms with Crippen molar-refractivity contribution in [1.29, 1.82) is 0 Å². The number of hydrogen-bond acceptors (Lipinski definition) is 4. The summed E-state index contributed by atoms with van der Waals surface area (Å²) in [5.74, 6) is 0.480. The Morgan fingerprint density at radius 1 is 1.21 bits per heavy atom. The predicted molar refractivity (Wildman–Crippen MR) is 107 cm³/mol. The van der Waals surface area contributed by atoms with Crippen LogP contribution in [0.25, 0.3) is 16.8 Å². The summed E-state index contributed by atoms with van der Waals surface area (Å²) in [6.45, 7) is 5.56. The molecule has 28 heavy (non-hydrogen) atoms. The summed E-state index contributed by atoms with van der Waals surface area (Å²) in [6.07, 6.45) is 6.90. The lowest BCUT2D eigenvalue weighted by Gasteiger charge is -2.39. The number of piperidine rings is 1. The molecule has 4 heterocycles. The Hall–Kier alpha value is -2.18. The molecule has 2 saturated heterocycles. The number of imidazole rings is 1. The fourth-order valence-corrected chi connectivity index (χ4v) is 4.74. The van der Waals surface area contributed by atoms with E-state index in [4.69, 9.17) is 21.3 Å². The molecule has 1 spiro atoms. The molecule has 2 aromatic heterocycles. The summed E-state index contributed by atoms with van der Waals surface area (Å²) >= 11 is 6.01. The molecule has 0 aliphatic carbocycles. The van der Waals surface area contributed by atoms with Gasteiger partial charge in [-0.2, -0.15) is 0 Å². The van der Waals surface area contributed by atoms with Crippen molar-refractivity contribution in [2.24, 2.45) is 5.41 Å². The molecule has 5 nitrogen and oxygen atoms in total. The average molecular weight is 401 g/mol. The van der Waals surface area contributed by atoms with Crippen molar-refractivity contribution < 1.29 is 9.13 Å². The fraction of sp³-hybridized carbons (Fsp3) is 0.429.